The Morgan fingerprint density at radius 1 is 1.12 bits per heavy atom. The predicted octanol–water partition coefficient (Wildman–Crippen LogP) is 4.29. The molecule has 0 spiro atoms. The van der Waals surface area contributed by atoms with Gasteiger partial charge in [-0.2, -0.15) is 0 Å². The Morgan fingerprint density at radius 2 is 1.71 bits per heavy atom. The molecule has 0 saturated carbocycles. The fraction of sp³-hybridized carbons (Fsp3) is 0.733. The second-order valence-corrected chi connectivity index (χ2v) is 6.19. The van der Waals surface area contributed by atoms with Gasteiger partial charge >= 0.3 is 0 Å². The Kier molecular flexibility index (Phi) is 4.42. The highest BCUT2D eigenvalue weighted by Gasteiger charge is 2.21. The average Bonchev–Trinajstić information content (AvgIpc) is 2.43. The fourth-order valence-corrected chi connectivity index (χ4v) is 2.33. The summed E-state index contributed by atoms with van der Waals surface area (Å²) >= 11 is 0. The fourth-order valence-electron chi connectivity index (χ4n) is 2.33. The van der Waals surface area contributed by atoms with Crippen LogP contribution in [0.2, 0.25) is 0 Å². The summed E-state index contributed by atoms with van der Waals surface area (Å²) in [6.07, 6.45) is 2.36. The van der Waals surface area contributed by atoms with Gasteiger partial charge in [-0.05, 0) is 51.6 Å². The lowest BCUT2D eigenvalue weighted by Crippen LogP contribution is -2.20. The van der Waals surface area contributed by atoms with Gasteiger partial charge in [-0.3, -0.25) is 0 Å². The highest BCUT2D eigenvalue weighted by Crippen LogP contribution is 2.32. The van der Waals surface area contributed by atoms with Crippen molar-refractivity contribution in [2.24, 2.45) is 5.41 Å². The third kappa shape index (κ3) is 3.60. The molecule has 1 rings (SSSR count). The van der Waals surface area contributed by atoms with Crippen molar-refractivity contribution in [2.45, 2.75) is 60.4 Å². The summed E-state index contributed by atoms with van der Waals surface area (Å²) in [5.74, 6) is 2.11. The van der Waals surface area contributed by atoms with E-state index in [2.05, 4.69) is 39.9 Å². The van der Waals surface area contributed by atoms with Crippen molar-refractivity contribution in [1.82, 2.24) is 5.32 Å². The lowest BCUT2D eigenvalue weighted by atomic mass is 9.86. The molecular weight excluding hydrogens is 210 g/mol. The molecular formula is C15H27NO. The van der Waals surface area contributed by atoms with Crippen LogP contribution in [0.1, 0.15) is 62.3 Å². The molecule has 2 heteroatoms. The van der Waals surface area contributed by atoms with Crippen LogP contribution in [0.3, 0.4) is 0 Å². The van der Waals surface area contributed by atoms with Crippen LogP contribution in [0, 0.1) is 26.2 Å². The Bertz CT molecular complexity index is 371. The Labute approximate surface area is 106 Å². The standard InChI is InChI=1S/C15H27NO/c1-10-11(2)17-12(3)14(10)13(16-7)8-9-15(4,5)6/h13,16H,8-9H2,1-7H3. The number of nitrogens with one attached hydrogen (secondary N) is 1. The summed E-state index contributed by atoms with van der Waals surface area (Å²) in [7, 11) is 2.04. The quantitative estimate of drug-likeness (QED) is 0.845. The molecule has 0 saturated heterocycles. The largest absolute Gasteiger partial charge is 0.466 e. The van der Waals surface area contributed by atoms with Gasteiger partial charge in [-0.15, -0.1) is 0 Å². The van der Waals surface area contributed by atoms with E-state index in [4.69, 9.17) is 4.42 Å². The normalized spacial score (nSPS) is 14.1. The monoisotopic (exact) mass is 237 g/mol. The molecule has 1 atom stereocenters. The second-order valence-electron chi connectivity index (χ2n) is 6.19. The Balaban J connectivity index is 2.87. The number of furan rings is 1. The maximum absolute atomic E-state index is 5.72. The summed E-state index contributed by atoms with van der Waals surface area (Å²) in [6.45, 7) is 13.1. The van der Waals surface area contributed by atoms with Gasteiger partial charge in [0, 0.05) is 11.6 Å². The first-order valence-corrected chi connectivity index (χ1v) is 6.50. The summed E-state index contributed by atoms with van der Waals surface area (Å²) < 4.78 is 5.72. The lowest BCUT2D eigenvalue weighted by molar-refractivity contribution is 0.336. The number of rotatable bonds is 4. The Hall–Kier alpha value is -0.760. The zero-order valence-electron chi connectivity index (χ0n) is 12.4. The van der Waals surface area contributed by atoms with E-state index in [0.29, 0.717) is 11.5 Å². The first kappa shape index (κ1) is 14.3. The van der Waals surface area contributed by atoms with Gasteiger partial charge < -0.3 is 9.73 Å². The summed E-state index contributed by atoms with van der Waals surface area (Å²) in [5, 5.41) is 3.43. The van der Waals surface area contributed by atoms with Crippen molar-refractivity contribution in [1.29, 1.82) is 0 Å². The van der Waals surface area contributed by atoms with Crippen LogP contribution in [0.4, 0.5) is 0 Å². The van der Waals surface area contributed by atoms with E-state index in [0.717, 1.165) is 17.9 Å². The number of hydrogen-bond acceptors (Lipinski definition) is 2. The van der Waals surface area contributed by atoms with Crippen molar-refractivity contribution < 1.29 is 4.42 Å². The zero-order chi connectivity index (χ0) is 13.2. The van der Waals surface area contributed by atoms with Gasteiger partial charge in [-0.25, -0.2) is 0 Å². The predicted molar refractivity (Wildman–Crippen MR) is 73.4 cm³/mol. The van der Waals surface area contributed by atoms with Crippen molar-refractivity contribution in [2.75, 3.05) is 7.05 Å². The molecule has 0 aliphatic rings. The molecule has 1 unspecified atom stereocenters. The number of hydrogen-bond donors (Lipinski definition) is 1. The molecule has 98 valence electrons. The molecule has 0 aliphatic heterocycles. The minimum atomic E-state index is 0.385. The maximum atomic E-state index is 5.72. The molecule has 1 aromatic heterocycles. The van der Waals surface area contributed by atoms with E-state index in [-0.39, 0.29) is 0 Å². The van der Waals surface area contributed by atoms with E-state index < -0.39 is 0 Å². The third-order valence-electron chi connectivity index (χ3n) is 3.50. The second kappa shape index (κ2) is 5.26. The first-order valence-electron chi connectivity index (χ1n) is 6.50. The smallest absolute Gasteiger partial charge is 0.106 e. The van der Waals surface area contributed by atoms with Crippen LogP contribution in [-0.4, -0.2) is 7.05 Å². The van der Waals surface area contributed by atoms with Crippen molar-refractivity contribution in [3.63, 3.8) is 0 Å². The van der Waals surface area contributed by atoms with Gasteiger partial charge in [0.25, 0.3) is 0 Å². The van der Waals surface area contributed by atoms with Crippen LogP contribution in [0.25, 0.3) is 0 Å². The molecule has 17 heavy (non-hydrogen) atoms. The van der Waals surface area contributed by atoms with Crippen LogP contribution in [0.5, 0.6) is 0 Å². The van der Waals surface area contributed by atoms with Crippen LogP contribution >= 0.6 is 0 Å². The van der Waals surface area contributed by atoms with Crippen LogP contribution < -0.4 is 5.32 Å². The van der Waals surface area contributed by atoms with Crippen molar-refractivity contribution in [3.8, 4) is 0 Å². The topological polar surface area (TPSA) is 25.2 Å². The van der Waals surface area contributed by atoms with E-state index in [1.165, 1.54) is 17.5 Å². The first-order chi connectivity index (χ1) is 7.76. The number of aryl methyl sites for hydroxylation is 2. The molecule has 0 aliphatic carbocycles. The molecule has 1 N–H and O–H groups in total. The minimum Gasteiger partial charge on any atom is -0.466 e. The van der Waals surface area contributed by atoms with Crippen molar-refractivity contribution in [3.05, 3.63) is 22.6 Å². The molecule has 0 fully saturated rings. The van der Waals surface area contributed by atoms with E-state index in [1.807, 2.05) is 14.0 Å². The van der Waals surface area contributed by atoms with E-state index in [9.17, 15) is 0 Å². The third-order valence-corrected chi connectivity index (χ3v) is 3.50. The molecule has 0 amide bonds. The van der Waals surface area contributed by atoms with Gasteiger partial charge in [0.15, 0.2) is 0 Å². The van der Waals surface area contributed by atoms with Crippen LogP contribution in [-0.2, 0) is 0 Å². The molecule has 0 bridgehead atoms. The van der Waals surface area contributed by atoms with Gasteiger partial charge in [0.2, 0.25) is 0 Å². The summed E-state index contributed by atoms with van der Waals surface area (Å²) in [4.78, 5) is 0. The molecule has 0 aromatic carbocycles. The SMILES string of the molecule is CNC(CCC(C)(C)C)c1c(C)oc(C)c1C. The average molecular weight is 237 g/mol. The van der Waals surface area contributed by atoms with Crippen molar-refractivity contribution >= 4 is 0 Å². The van der Waals surface area contributed by atoms with Gasteiger partial charge in [0.1, 0.15) is 11.5 Å². The maximum Gasteiger partial charge on any atom is 0.106 e. The van der Waals surface area contributed by atoms with E-state index in [1.54, 1.807) is 0 Å². The summed E-state index contributed by atoms with van der Waals surface area (Å²) in [6, 6.07) is 0.409. The van der Waals surface area contributed by atoms with Gasteiger partial charge in [-0.1, -0.05) is 20.8 Å². The zero-order valence-corrected chi connectivity index (χ0v) is 12.4. The van der Waals surface area contributed by atoms with Crippen LogP contribution in [0.15, 0.2) is 4.42 Å². The summed E-state index contributed by atoms with van der Waals surface area (Å²) in [5.41, 5.74) is 3.04. The Morgan fingerprint density at radius 3 is 2.06 bits per heavy atom. The lowest BCUT2D eigenvalue weighted by Gasteiger charge is -2.23. The molecule has 2 nitrogen and oxygen atoms in total. The van der Waals surface area contributed by atoms with E-state index >= 15 is 0 Å². The minimum absolute atomic E-state index is 0.385. The molecule has 0 radical (unpaired) electrons. The highest BCUT2D eigenvalue weighted by atomic mass is 16.3. The molecule has 1 aromatic rings. The molecule has 1 heterocycles. The highest BCUT2D eigenvalue weighted by molar-refractivity contribution is 5.34. The van der Waals surface area contributed by atoms with Gasteiger partial charge in [0.05, 0.1) is 0 Å².